The van der Waals surface area contributed by atoms with Gasteiger partial charge in [-0.1, -0.05) is 32.0 Å². The highest BCUT2D eigenvalue weighted by atomic mass is 19.1. The van der Waals surface area contributed by atoms with Gasteiger partial charge in [-0.05, 0) is 37.1 Å². The number of aliphatic hydroxyl groups is 2. The van der Waals surface area contributed by atoms with E-state index in [1.165, 1.54) is 19.1 Å². The lowest BCUT2D eigenvalue weighted by Gasteiger charge is -2.67. The fourth-order valence-corrected chi connectivity index (χ4v) is 7.87. The van der Waals surface area contributed by atoms with Gasteiger partial charge in [0.25, 0.3) is 0 Å². The van der Waals surface area contributed by atoms with Gasteiger partial charge in [0.1, 0.15) is 24.0 Å². The number of fused-ring (bicyclic) bond motifs is 5. The van der Waals surface area contributed by atoms with Crippen LogP contribution in [0.1, 0.15) is 64.7 Å². The Balaban J connectivity index is 1.84. The third-order valence-electron chi connectivity index (χ3n) is 10.1. The van der Waals surface area contributed by atoms with E-state index >= 15 is 4.39 Å². The number of ether oxygens (including phenoxy) is 4. The van der Waals surface area contributed by atoms with E-state index < -0.39 is 82.2 Å². The first-order valence-electron chi connectivity index (χ1n) is 14.1. The molecule has 9 atom stereocenters. The fourth-order valence-electron chi connectivity index (χ4n) is 7.87. The minimum atomic E-state index is -2.17. The van der Waals surface area contributed by atoms with Crippen LogP contribution in [0.25, 0.3) is 0 Å². The summed E-state index contributed by atoms with van der Waals surface area (Å²) in [6.07, 6.45) is -8.35. The smallest absolute Gasteiger partial charge is 0.338 e. The van der Waals surface area contributed by atoms with Crippen LogP contribution < -0.4 is 0 Å². The number of Topliss-reactive ketones (excluding diaryl/α,β-unsaturated/α-hetero) is 1. The molecular formula is C31H37FO10. The van der Waals surface area contributed by atoms with Gasteiger partial charge < -0.3 is 29.2 Å². The third-order valence-corrected chi connectivity index (χ3v) is 10.1. The molecule has 42 heavy (non-hydrogen) atoms. The molecule has 1 aromatic rings. The number of benzene rings is 1. The van der Waals surface area contributed by atoms with Crippen LogP contribution in [0.2, 0.25) is 0 Å². The largest absolute Gasteiger partial charge is 0.455 e. The third kappa shape index (κ3) is 4.07. The number of alkyl halides is 1. The van der Waals surface area contributed by atoms with Crippen LogP contribution in [-0.2, 0) is 33.3 Å². The second kappa shape index (κ2) is 9.96. The Hall–Kier alpha value is -3.15. The zero-order valence-electron chi connectivity index (χ0n) is 24.5. The van der Waals surface area contributed by atoms with Crippen LogP contribution >= 0.6 is 0 Å². The lowest BCUT2D eigenvalue weighted by Crippen LogP contribution is -2.81. The van der Waals surface area contributed by atoms with E-state index in [2.05, 4.69) is 0 Å². The van der Waals surface area contributed by atoms with Gasteiger partial charge in [0, 0.05) is 32.1 Å². The van der Waals surface area contributed by atoms with Crippen LogP contribution in [0, 0.1) is 16.7 Å². The molecule has 1 heterocycles. The Morgan fingerprint density at radius 3 is 2.24 bits per heavy atom. The summed E-state index contributed by atoms with van der Waals surface area (Å²) in [4.78, 5) is 53.3. The molecular weight excluding hydrogens is 551 g/mol. The number of ketones is 1. The normalized spacial score (nSPS) is 40.4. The van der Waals surface area contributed by atoms with Gasteiger partial charge in [0.15, 0.2) is 17.5 Å². The summed E-state index contributed by atoms with van der Waals surface area (Å²) < 4.78 is 39.8. The van der Waals surface area contributed by atoms with E-state index in [-0.39, 0.29) is 36.2 Å². The van der Waals surface area contributed by atoms with Crippen molar-refractivity contribution in [1.29, 1.82) is 0 Å². The maximum absolute atomic E-state index is 16.6. The van der Waals surface area contributed by atoms with Crippen molar-refractivity contribution >= 4 is 23.7 Å². The molecule has 0 aromatic heterocycles. The van der Waals surface area contributed by atoms with Gasteiger partial charge in [-0.2, -0.15) is 0 Å². The quantitative estimate of drug-likeness (QED) is 0.306. The molecule has 0 amide bonds. The molecule has 2 saturated carbocycles. The topological polar surface area (TPSA) is 146 Å². The van der Waals surface area contributed by atoms with Gasteiger partial charge in [-0.3, -0.25) is 14.4 Å². The highest BCUT2D eigenvalue weighted by Gasteiger charge is 2.78. The predicted octanol–water partition coefficient (Wildman–Crippen LogP) is 2.63. The molecule has 1 unspecified atom stereocenters. The molecule has 0 radical (unpaired) electrons. The molecule has 10 nitrogen and oxygen atoms in total. The zero-order valence-corrected chi connectivity index (χ0v) is 24.5. The molecule has 3 fully saturated rings. The van der Waals surface area contributed by atoms with Crippen LogP contribution in [0.4, 0.5) is 4.39 Å². The highest BCUT2D eigenvalue weighted by Crippen LogP contribution is 2.64. The molecule has 4 aliphatic rings. The first-order chi connectivity index (χ1) is 19.5. The molecule has 1 saturated heterocycles. The van der Waals surface area contributed by atoms with E-state index in [1.807, 2.05) is 0 Å². The zero-order chi connectivity index (χ0) is 31.0. The van der Waals surface area contributed by atoms with Crippen LogP contribution in [0.5, 0.6) is 0 Å². The molecule has 11 heteroatoms. The van der Waals surface area contributed by atoms with E-state index in [1.54, 1.807) is 39.0 Å². The fraction of sp³-hybridized carbons (Fsp3) is 0.613. The van der Waals surface area contributed by atoms with E-state index in [4.69, 9.17) is 18.9 Å². The Morgan fingerprint density at radius 1 is 1.05 bits per heavy atom. The number of rotatable bonds is 4. The molecule has 0 spiro atoms. The predicted molar refractivity (Wildman–Crippen MR) is 144 cm³/mol. The minimum Gasteiger partial charge on any atom is -0.455 e. The van der Waals surface area contributed by atoms with Crippen molar-refractivity contribution in [3.05, 3.63) is 47.0 Å². The minimum absolute atomic E-state index is 0.102. The molecule has 5 rings (SSSR count). The Labute approximate surface area is 243 Å². The van der Waals surface area contributed by atoms with Gasteiger partial charge >= 0.3 is 17.9 Å². The summed E-state index contributed by atoms with van der Waals surface area (Å²) in [5, 5.41) is 24.1. The molecule has 3 aliphatic carbocycles. The second-order valence-electron chi connectivity index (χ2n) is 12.7. The number of esters is 3. The van der Waals surface area contributed by atoms with Crippen molar-refractivity contribution in [3.63, 3.8) is 0 Å². The summed E-state index contributed by atoms with van der Waals surface area (Å²) in [5.74, 6) is -4.78. The monoisotopic (exact) mass is 588 g/mol. The van der Waals surface area contributed by atoms with Gasteiger partial charge in [0.2, 0.25) is 0 Å². The average Bonchev–Trinajstić information content (AvgIpc) is 2.90. The van der Waals surface area contributed by atoms with Crippen LogP contribution in [0.15, 0.2) is 41.5 Å². The molecule has 1 aliphatic heterocycles. The number of hydrogen-bond acceptors (Lipinski definition) is 10. The Morgan fingerprint density at radius 2 is 1.69 bits per heavy atom. The van der Waals surface area contributed by atoms with E-state index in [0.29, 0.717) is 0 Å². The van der Waals surface area contributed by atoms with Gasteiger partial charge in [-0.15, -0.1) is 0 Å². The number of carbonyl (C=O) groups excluding carboxylic acids is 4. The molecule has 1 aromatic carbocycles. The number of halogens is 1. The number of aliphatic hydroxyl groups excluding tert-OH is 1. The van der Waals surface area contributed by atoms with Crippen molar-refractivity contribution in [1.82, 2.24) is 0 Å². The Bertz CT molecular complexity index is 1360. The standard InChI is InChI=1S/C31H37FO10/c1-15-19(35)13-31(38)26(41-27(37)18-10-8-7-9-11-18)24-29(6,20(32)12-21-30(24,14-39-21)42-17(3)34)25(36)23(40-16(2)33)22(15)28(31,4)5/h7-11,19-21,23-24,26,35,38H,12-14H2,1-6H3/t19-,20-,21+,23+,24?,26-,29+,30-,31+/m0/s1. The molecule has 228 valence electrons. The maximum Gasteiger partial charge on any atom is 0.338 e. The number of hydrogen-bond donors (Lipinski definition) is 2. The van der Waals surface area contributed by atoms with E-state index in [9.17, 15) is 29.4 Å². The van der Waals surface area contributed by atoms with Gasteiger partial charge in [-0.25, -0.2) is 9.18 Å². The summed E-state index contributed by atoms with van der Waals surface area (Å²) in [6, 6.07) is 7.94. The van der Waals surface area contributed by atoms with Crippen molar-refractivity contribution in [3.8, 4) is 0 Å². The average molecular weight is 589 g/mol. The van der Waals surface area contributed by atoms with Crippen molar-refractivity contribution in [2.45, 2.75) is 96.2 Å². The van der Waals surface area contributed by atoms with E-state index in [0.717, 1.165) is 13.8 Å². The lowest BCUT2D eigenvalue weighted by molar-refractivity contribution is -0.341. The maximum atomic E-state index is 16.6. The Kier molecular flexibility index (Phi) is 7.19. The lowest BCUT2D eigenvalue weighted by atomic mass is 9.45. The van der Waals surface area contributed by atoms with Crippen molar-refractivity contribution in [2.75, 3.05) is 6.61 Å². The summed E-state index contributed by atoms with van der Waals surface area (Å²) in [5.41, 5.74) is -6.90. The highest BCUT2D eigenvalue weighted by molar-refractivity contribution is 5.95. The van der Waals surface area contributed by atoms with Gasteiger partial charge in [0.05, 0.1) is 29.6 Å². The second-order valence-corrected chi connectivity index (χ2v) is 12.7. The van der Waals surface area contributed by atoms with Crippen LogP contribution in [-0.4, -0.2) is 82.3 Å². The van der Waals surface area contributed by atoms with Crippen LogP contribution in [0.3, 0.4) is 0 Å². The summed E-state index contributed by atoms with van der Waals surface area (Å²) >= 11 is 0. The SMILES string of the molecule is CC(=O)O[C@H]1C(=O)[C@@]2(C)C([C@H](OC(=O)c3ccccc3)[C@]3(O)C[C@H](O)C(C)=C1C3(C)C)[C@]1(OC(C)=O)CO[C@@H]1C[C@@H]2F. The summed E-state index contributed by atoms with van der Waals surface area (Å²) in [6.45, 7) is 8.08. The first kappa shape index (κ1) is 30.3. The molecule has 2 N–H and O–H groups in total. The summed E-state index contributed by atoms with van der Waals surface area (Å²) in [7, 11) is 0. The number of carbonyl (C=O) groups is 4. The molecule has 2 bridgehead atoms. The van der Waals surface area contributed by atoms with Crippen molar-refractivity contribution < 1.29 is 52.7 Å². The first-order valence-corrected chi connectivity index (χ1v) is 14.1. The van der Waals surface area contributed by atoms with Crippen molar-refractivity contribution in [2.24, 2.45) is 16.7 Å².